The molecule has 3 nitrogen and oxygen atoms in total. The van der Waals surface area contributed by atoms with Gasteiger partial charge in [-0.3, -0.25) is 10.1 Å². The van der Waals surface area contributed by atoms with Crippen LogP contribution in [0.15, 0.2) is 18.3 Å². The van der Waals surface area contributed by atoms with E-state index in [1.54, 1.807) is 13.1 Å². The minimum atomic E-state index is -1.60. The largest absolute Gasteiger partial charge is 0.298 e. The molecule has 2 aromatic rings. The molecule has 1 aromatic carbocycles. The van der Waals surface area contributed by atoms with E-state index < -0.39 is 23.4 Å². The molecule has 1 aromatic heterocycles. The smallest absolute Gasteiger partial charge is 0.257 e. The molecule has 7 heteroatoms. The summed E-state index contributed by atoms with van der Waals surface area (Å²) in [5.74, 6) is -5.16. The number of anilines is 1. The fourth-order valence-electron chi connectivity index (χ4n) is 1.27. The SMILES string of the molecule is Cc1cnc(NC(=O)c2cc(F)c(F)c(F)c2)s1. The fraction of sp³-hybridized carbons (Fsp3) is 0.0909. The molecule has 18 heavy (non-hydrogen) atoms. The lowest BCUT2D eigenvalue weighted by atomic mass is 10.2. The van der Waals surface area contributed by atoms with Crippen LogP contribution in [0.2, 0.25) is 0 Å². The van der Waals surface area contributed by atoms with Crippen LogP contribution < -0.4 is 5.32 Å². The highest BCUT2D eigenvalue weighted by atomic mass is 32.1. The van der Waals surface area contributed by atoms with Crippen LogP contribution in [-0.4, -0.2) is 10.9 Å². The second kappa shape index (κ2) is 4.77. The Labute approximate surface area is 104 Å². The van der Waals surface area contributed by atoms with Gasteiger partial charge in [0.25, 0.3) is 5.91 Å². The quantitative estimate of drug-likeness (QED) is 0.853. The third-order valence-electron chi connectivity index (χ3n) is 2.09. The summed E-state index contributed by atoms with van der Waals surface area (Å²) in [6.07, 6.45) is 1.55. The van der Waals surface area contributed by atoms with Crippen molar-refractivity contribution in [2.75, 3.05) is 5.32 Å². The van der Waals surface area contributed by atoms with Crippen LogP contribution >= 0.6 is 11.3 Å². The minimum absolute atomic E-state index is 0.306. The highest BCUT2D eigenvalue weighted by Gasteiger charge is 2.15. The maximum absolute atomic E-state index is 12.9. The lowest BCUT2D eigenvalue weighted by Crippen LogP contribution is -2.13. The van der Waals surface area contributed by atoms with Crippen molar-refractivity contribution in [3.8, 4) is 0 Å². The van der Waals surface area contributed by atoms with Crippen molar-refractivity contribution >= 4 is 22.4 Å². The Morgan fingerprint density at radius 1 is 1.28 bits per heavy atom. The van der Waals surface area contributed by atoms with Crippen LogP contribution in [0.25, 0.3) is 0 Å². The molecule has 0 spiro atoms. The number of halogens is 3. The Morgan fingerprint density at radius 3 is 2.39 bits per heavy atom. The minimum Gasteiger partial charge on any atom is -0.298 e. The number of rotatable bonds is 2. The molecule has 0 bridgehead atoms. The molecule has 0 saturated heterocycles. The second-order valence-electron chi connectivity index (χ2n) is 3.48. The first-order chi connectivity index (χ1) is 8.47. The zero-order chi connectivity index (χ0) is 13.3. The molecule has 0 saturated carbocycles. The van der Waals surface area contributed by atoms with E-state index in [-0.39, 0.29) is 5.56 Å². The number of carbonyl (C=O) groups excluding carboxylic acids is 1. The van der Waals surface area contributed by atoms with Gasteiger partial charge in [-0.1, -0.05) is 0 Å². The number of hydrogen-bond donors (Lipinski definition) is 1. The van der Waals surface area contributed by atoms with E-state index in [1.165, 1.54) is 11.3 Å². The Bertz CT molecular complexity index is 589. The Balaban J connectivity index is 2.24. The van der Waals surface area contributed by atoms with Gasteiger partial charge in [0.2, 0.25) is 0 Å². The number of nitrogens with one attached hydrogen (secondary N) is 1. The Hall–Kier alpha value is -1.89. The summed E-state index contributed by atoms with van der Waals surface area (Å²) in [6, 6.07) is 1.27. The summed E-state index contributed by atoms with van der Waals surface area (Å²) in [6.45, 7) is 1.80. The number of aromatic nitrogens is 1. The average molecular weight is 272 g/mol. The average Bonchev–Trinajstić information content (AvgIpc) is 2.71. The molecule has 0 aliphatic heterocycles. The molecule has 0 unspecified atom stereocenters. The van der Waals surface area contributed by atoms with Crippen LogP contribution in [0.4, 0.5) is 18.3 Å². The van der Waals surface area contributed by atoms with Crippen LogP contribution in [0.3, 0.4) is 0 Å². The topological polar surface area (TPSA) is 42.0 Å². The highest BCUT2D eigenvalue weighted by molar-refractivity contribution is 7.15. The maximum atomic E-state index is 12.9. The van der Waals surface area contributed by atoms with Gasteiger partial charge in [0.05, 0.1) is 0 Å². The lowest BCUT2D eigenvalue weighted by molar-refractivity contribution is 0.102. The lowest BCUT2D eigenvalue weighted by Gasteiger charge is -2.03. The van der Waals surface area contributed by atoms with Gasteiger partial charge in [-0.05, 0) is 19.1 Å². The van der Waals surface area contributed by atoms with E-state index in [1.807, 2.05) is 0 Å². The summed E-state index contributed by atoms with van der Waals surface area (Å²) in [5, 5.41) is 2.67. The Morgan fingerprint density at radius 2 is 1.89 bits per heavy atom. The van der Waals surface area contributed by atoms with Gasteiger partial charge >= 0.3 is 0 Å². The summed E-state index contributed by atoms with van der Waals surface area (Å²) in [7, 11) is 0. The molecule has 0 aliphatic rings. The van der Waals surface area contributed by atoms with Crippen molar-refractivity contribution in [2.45, 2.75) is 6.92 Å². The number of amides is 1. The molecular weight excluding hydrogens is 265 g/mol. The molecule has 94 valence electrons. The zero-order valence-corrected chi connectivity index (χ0v) is 9.95. The summed E-state index contributed by atoms with van der Waals surface area (Å²) >= 11 is 1.22. The van der Waals surface area contributed by atoms with Gasteiger partial charge < -0.3 is 0 Å². The number of benzene rings is 1. The molecule has 1 heterocycles. The Kier molecular flexibility index (Phi) is 3.33. The molecular formula is C11H7F3N2OS. The van der Waals surface area contributed by atoms with Crippen molar-refractivity contribution in [3.63, 3.8) is 0 Å². The molecule has 0 radical (unpaired) electrons. The van der Waals surface area contributed by atoms with Gasteiger partial charge in [-0.2, -0.15) is 0 Å². The van der Waals surface area contributed by atoms with Gasteiger partial charge in [-0.15, -0.1) is 11.3 Å². The van der Waals surface area contributed by atoms with E-state index >= 15 is 0 Å². The molecule has 1 amide bonds. The number of nitrogens with zero attached hydrogens (tertiary/aromatic N) is 1. The molecule has 1 N–H and O–H groups in total. The zero-order valence-electron chi connectivity index (χ0n) is 9.13. The van der Waals surface area contributed by atoms with Crippen LogP contribution in [-0.2, 0) is 0 Å². The number of aryl methyl sites for hydroxylation is 1. The fourth-order valence-corrected chi connectivity index (χ4v) is 1.93. The maximum Gasteiger partial charge on any atom is 0.257 e. The number of hydrogen-bond acceptors (Lipinski definition) is 3. The summed E-state index contributed by atoms with van der Waals surface area (Å²) < 4.78 is 38.6. The van der Waals surface area contributed by atoms with Crippen LogP contribution in [0, 0.1) is 24.4 Å². The van der Waals surface area contributed by atoms with Crippen molar-refractivity contribution in [3.05, 3.63) is 46.2 Å². The first kappa shape index (κ1) is 12.6. The van der Waals surface area contributed by atoms with Crippen LogP contribution in [0.1, 0.15) is 15.2 Å². The van der Waals surface area contributed by atoms with Crippen molar-refractivity contribution in [1.82, 2.24) is 4.98 Å². The van der Waals surface area contributed by atoms with Gasteiger partial charge in [-0.25, -0.2) is 18.2 Å². The first-order valence-corrected chi connectivity index (χ1v) is 5.67. The first-order valence-electron chi connectivity index (χ1n) is 4.85. The van der Waals surface area contributed by atoms with Crippen molar-refractivity contribution < 1.29 is 18.0 Å². The molecule has 0 atom stereocenters. The second-order valence-corrected chi connectivity index (χ2v) is 4.72. The molecule has 0 fully saturated rings. The van der Waals surface area contributed by atoms with E-state index in [0.717, 1.165) is 4.88 Å². The summed E-state index contributed by atoms with van der Waals surface area (Å²) in [5.41, 5.74) is -0.306. The monoisotopic (exact) mass is 272 g/mol. The predicted octanol–water partition coefficient (Wildman–Crippen LogP) is 3.12. The standard InChI is InChI=1S/C11H7F3N2OS/c1-5-4-15-11(18-5)16-10(17)6-2-7(12)9(14)8(13)3-6/h2-4H,1H3,(H,15,16,17). The van der Waals surface area contributed by atoms with Crippen molar-refractivity contribution in [1.29, 1.82) is 0 Å². The highest BCUT2D eigenvalue weighted by Crippen LogP contribution is 2.19. The molecule has 2 rings (SSSR count). The molecule has 0 aliphatic carbocycles. The van der Waals surface area contributed by atoms with Crippen LogP contribution in [0.5, 0.6) is 0 Å². The third kappa shape index (κ3) is 2.51. The van der Waals surface area contributed by atoms with Gasteiger partial charge in [0, 0.05) is 16.6 Å². The van der Waals surface area contributed by atoms with Gasteiger partial charge in [0.1, 0.15) is 0 Å². The summed E-state index contributed by atoms with van der Waals surface area (Å²) in [4.78, 5) is 16.4. The van der Waals surface area contributed by atoms with E-state index in [4.69, 9.17) is 0 Å². The number of carbonyl (C=O) groups is 1. The normalized spacial score (nSPS) is 10.4. The predicted molar refractivity (Wildman–Crippen MR) is 61.1 cm³/mol. The van der Waals surface area contributed by atoms with E-state index in [0.29, 0.717) is 17.3 Å². The van der Waals surface area contributed by atoms with E-state index in [2.05, 4.69) is 10.3 Å². The van der Waals surface area contributed by atoms with Crippen molar-refractivity contribution in [2.24, 2.45) is 0 Å². The van der Waals surface area contributed by atoms with E-state index in [9.17, 15) is 18.0 Å². The van der Waals surface area contributed by atoms with Gasteiger partial charge in [0.15, 0.2) is 22.6 Å². The number of thiazole rings is 1. The third-order valence-corrected chi connectivity index (χ3v) is 2.92.